The smallest absolute Gasteiger partial charge is 0.365 e. The predicted molar refractivity (Wildman–Crippen MR) is 99.9 cm³/mol. The molecule has 0 fully saturated rings. The van der Waals surface area contributed by atoms with E-state index < -0.39 is 8.25 Å². The van der Waals surface area contributed by atoms with Gasteiger partial charge < -0.3 is 9.42 Å². The summed E-state index contributed by atoms with van der Waals surface area (Å²) in [5.74, 6) is -0.0483. The summed E-state index contributed by atoms with van der Waals surface area (Å²) < 4.78 is 16.5. The molecular weight excluding hydrogens is 335 g/mol. The van der Waals surface area contributed by atoms with Crippen LogP contribution < -0.4 is 4.52 Å². The lowest BCUT2D eigenvalue weighted by Crippen LogP contribution is -2.08. The summed E-state index contributed by atoms with van der Waals surface area (Å²) >= 11 is 0. The Morgan fingerprint density at radius 1 is 1.00 bits per heavy atom. The lowest BCUT2D eigenvalue weighted by Gasteiger charge is -2.15. The van der Waals surface area contributed by atoms with Crippen LogP contribution in [0.2, 0.25) is 0 Å². The van der Waals surface area contributed by atoms with Gasteiger partial charge in [0.25, 0.3) is 0 Å². The number of carbonyl (C=O) groups excluding carboxylic acids is 1. The molecule has 0 bridgehead atoms. The SMILES string of the molecule is Cc1cc(C)c(C(=O)c2ccc3ccccc3c2O[PH](=O)O)c(C)c1. The molecule has 0 aliphatic heterocycles. The van der Waals surface area contributed by atoms with Crippen molar-refractivity contribution in [2.24, 2.45) is 0 Å². The molecule has 0 radical (unpaired) electrons. The average molecular weight is 354 g/mol. The van der Waals surface area contributed by atoms with Crippen LogP contribution in [0, 0.1) is 20.8 Å². The maximum absolute atomic E-state index is 13.2. The molecule has 0 spiro atoms. The zero-order valence-corrected chi connectivity index (χ0v) is 15.3. The molecule has 1 atom stereocenters. The number of carbonyl (C=O) groups is 1. The molecule has 1 unspecified atom stereocenters. The third-order valence-corrected chi connectivity index (χ3v) is 4.60. The van der Waals surface area contributed by atoms with Gasteiger partial charge in [0.1, 0.15) is 5.75 Å². The molecule has 0 aliphatic rings. The van der Waals surface area contributed by atoms with E-state index in [1.165, 1.54) is 0 Å². The van der Waals surface area contributed by atoms with Gasteiger partial charge in [-0.2, -0.15) is 0 Å². The first-order valence-electron chi connectivity index (χ1n) is 7.93. The Morgan fingerprint density at radius 2 is 1.64 bits per heavy atom. The van der Waals surface area contributed by atoms with Gasteiger partial charge in [0, 0.05) is 10.9 Å². The first-order chi connectivity index (χ1) is 11.9. The first kappa shape index (κ1) is 17.4. The van der Waals surface area contributed by atoms with Gasteiger partial charge in [-0.05, 0) is 43.4 Å². The third kappa shape index (κ3) is 3.37. The van der Waals surface area contributed by atoms with Gasteiger partial charge in [0.2, 0.25) is 0 Å². The van der Waals surface area contributed by atoms with Crippen molar-refractivity contribution in [1.29, 1.82) is 0 Å². The Hall–Kier alpha value is -2.42. The molecule has 0 amide bonds. The summed E-state index contributed by atoms with van der Waals surface area (Å²) in [4.78, 5) is 22.5. The predicted octanol–water partition coefficient (Wildman–Crippen LogP) is 4.76. The number of fused-ring (bicyclic) bond motifs is 1. The van der Waals surface area contributed by atoms with Crippen molar-refractivity contribution in [3.05, 3.63) is 76.3 Å². The van der Waals surface area contributed by atoms with Gasteiger partial charge in [-0.3, -0.25) is 4.79 Å². The highest BCUT2D eigenvalue weighted by Crippen LogP contribution is 2.36. The van der Waals surface area contributed by atoms with Gasteiger partial charge in [0.05, 0.1) is 5.56 Å². The van der Waals surface area contributed by atoms with E-state index >= 15 is 0 Å². The fraction of sp³-hybridized carbons (Fsp3) is 0.150. The average Bonchev–Trinajstić information content (AvgIpc) is 2.53. The van der Waals surface area contributed by atoms with Gasteiger partial charge in [-0.25, -0.2) is 4.57 Å². The highest BCUT2D eigenvalue weighted by atomic mass is 31.1. The van der Waals surface area contributed by atoms with E-state index in [-0.39, 0.29) is 11.5 Å². The molecule has 5 heteroatoms. The van der Waals surface area contributed by atoms with E-state index in [4.69, 9.17) is 4.52 Å². The van der Waals surface area contributed by atoms with Crippen LogP contribution in [-0.4, -0.2) is 10.7 Å². The molecule has 4 nitrogen and oxygen atoms in total. The van der Waals surface area contributed by atoms with Crippen molar-refractivity contribution < 1.29 is 18.8 Å². The summed E-state index contributed by atoms with van der Waals surface area (Å²) in [7, 11) is -3.24. The van der Waals surface area contributed by atoms with Crippen LogP contribution in [0.25, 0.3) is 10.8 Å². The first-order valence-corrected chi connectivity index (χ1v) is 9.20. The van der Waals surface area contributed by atoms with Crippen molar-refractivity contribution in [2.45, 2.75) is 20.8 Å². The zero-order chi connectivity index (χ0) is 18.1. The van der Waals surface area contributed by atoms with Gasteiger partial charge in [0.15, 0.2) is 5.78 Å². The number of ketones is 1. The second kappa shape index (κ2) is 6.83. The van der Waals surface area contributed by atoms with Crippen molar-refractivity contribution >= 4 is 24.8 Å². The highest BCUT2D eigenvalue weighted by molar-refractivity contribution is 7.32. The quantitative estimate of drug-likeness (QED) is 0.542. The summed E-state index contributed by atoms with van der Waals surface area (Å²) in [6.07, 6.45) is 0. The van der Waals surface area contributed by atoms with E-state index in [2.05, 4.69) is 0 Å². The fourth-order valence-corrected chi connectivity index (χ4v) is 3.69. The minimum absolute atomic E-state index is 0.161. The molecule has 0 aliphatic carbocycles. The normalized spacial score (nSPS) is 12.2. The summed E-state index contributed by atoms with van der Waals surface area (Å²) in [5, 5.41) is 1.48. The number of aryl methyl sites for hydroxylation is 3. The fourth-order valence-electron chi connectivity index (χ4n) is 3.29. The number of hydrogen-bond donors (Lipinski definition) is 1. The van der Waals surface area contributed by atoms with E-state index in [0.717, 1.165) is 22.1 Å². The van der Waals surface area contributed by atoms with Crippen LogP contribution in [0.1, 0.15) is 32.6 Å². The van der Waals surface area contributed by atoms with Crippen molar-refractivity contribution in [1.82, 2.24) is 0 Å². The topological polar surface area (TPSA) is 63.6 Å². The van der Waals surface area contributed by atoms with Crippen LogP contribution in [-0.2, 0) is 4.57 Å². The lowest BCUT2D eigenvalue weighted by atomic mass is 9.91. The standard InChI is InChI=1S/C20H19O4P/c1-12-10-13(2)18(14(3)11-12)19(21)17-9-8-15-6-4-5-7-16(15)20(17)24-25(22)23/h4-11,25H,1-3H3,(H,22,23). The zero-order valence-electron chi connectivity index (χ0n) is 14.3. The van der Waals surface area contributed by atoms with Gasteiger partial charge in [-0.15, -0.1) is 0 Å². The molecule has 0 saturated heterocycles. The molecule has 25 heavy (non-hydrogen) atoms. The molecule has 0 heterocycles. The Kier molecular flexibility index (Phi) is 4.76. The van der Waals surface area contributed by atoms with Crippen LogP contribution in [0.3, 0.4) is 0 Å². The van der Waals surface area contributed by atoms with Crippen LogP contribution in [0.4, 0.5) is 0 Å². The Morgan fingerprint density at radius 3 is 2.28 bits per heavy atom. The molecule has 1 N–H and O–H groups in total. The minimum Gasteiger partial charge on any atom is -0.425 e. The molecule has 0 saturated carbocycles. The lowest BCUT2D eigenvalue weighted by molar-refractivity contribution is 0.103. The van der Waals surface area contributed by atoms with E-state index in [9.17, 15) is 14.3 Å². The van der Waals surface area contributed by atoms with E-state index in [1.807, 2.05) is 51.1 Å². The maximum Gasteiger partial charge on any atom is 0.365 e. The van der Waals surface area contributed by atoms with Gasteiger partial charge in [-0.1, -0.05) is 48.0 Å². The van der Waals surface area contributed by atoms with Crippen LogP contribution in [0.5, 0.6) is 5.75 Å². The molecule has 128 valence electrons. The van der Waals surface area contributed by atoms with E-state index in [0.29, 0.717) is 16.5 Å². The minimum atomic E-state index is -3.24. The van der Waals surface area contributed by atoms with Crippen molar-refractivity contribution in [3.8, 4) is 5.75 Å². The molecule has 3 aromatic carbocycles. The van der Waals surface area contributed by atoms with Crippen molar-refractivity contribution in [2.75, 3.05) is 0 Å². The number of rotatable bonds is 4. The molecule has 3 aromatic rings. The Labute approximate surface area is 147 Å². The van der Waals surface area contributed by atoms with Gasteiger partial charge >= 0.3 is 8.25 Å². The second-order valence-corrected chi connectivity index (χ2v) is 6.87. The monoisotopic (exact) mass is 354 g/mol. The number of hydrogen-bond acceptors (Lipinski definition) is 3. The third-order valence-electron chi connectivity index (χ3n) is 4.22. The Balaban J connectivity index is 2.25. The summed E-state index contributed by atoms with van der Waals surface area (Å²) in [5.41, 5.74) is 3.72. The largest absolute Gasteiger partial charge is 0.425 e. The molecular formula is C20H19O4P. The Bertz CT molecular complexity index is 985. The second-order valence-electron chi connectivity index (χ2n) is 6.13. The summed E-state index contributed by atoms with van der Waals surface area (Å²) in [6, 6.07) is 14.7. The molecule has 0 aromatic heterocycles. The van der Waals surface area contributed by atoms with Crippen LogP contribution in [0.15, 0.2) is 48.5 Å². The van der Waals surface area contributed by atoms with Crippen LogP contribution >= 0.6 is 8.25 Å². The molecule has 3 rings (SSSR count). The summed E-state index contributed by atoms with van der Waals surface area (Å²) in [6.45, 7) is 5.77. The van der Waals surface area contributed by atoms with Crippen molar-refractivity contribution in [3.63, 3.8) is 0 Å². The highest BCUT2D eigenvalue weighted by Gasteiger charge is 2.21. The maximum atomic E-state index is 13.2. The van der Waals surface area contributed by atoms with E-state index in [1.54, 1.807) is 18.2 Å². The number of benzene rings is 3.